The van der Waals surface area contributed by atoms with Crippen LogP contribution in [0.25, 0.3) is 0 Å². The molecule has 4 nitrogen and oxygen atoms in total. The molecule has 2 aromatic rings. The van der Waals surface area contributed by atoms with Gasteiger partial charge in [0.1, 0.15) is 11.8 Å². The number of hydrogen-bond donors (Lipinski definition) is 0. The number of methoxy groups -OCH3 is 1. The summed E-state index contributed by atoms with van der Waals surface area (Å²) in [5.74, 6) is 0.580. The largest absolute Gasteiger partial charge is 0.495 e. The molecule has 92 valence electrons. The van der Waals surface area contributed by atoms with E-state index in [0.717, 1.165) is 11.3 Å². The molecule has 0 fully saturated rings. The lowest BCUT2D eigenvalue weighted by Crippen LogP contribution is -2.04. The first kappa shape index (κ1) is 12.5. The minimum Gasteiger partial charge on any atom is -0.495 e. The molecule has 0 radical (unpaired) electrons. The van der Waals surface area contributed by atoms with Crippen LogP contribution in [0.4, 0.5) is 0 Å². The molecule has 0 saturated carbocycles. The molecule has 2 rings (SSSR count). The van der Waals surface area contributed by atoms with E-state index >= 15 is 0 Å². The molecular weight excluding hydrogens is 250 g/mol. The van der Waals surface area contributed by atoms with Gasteiger partial charge in [-0.15, -0.1) is 0 Å². The molecule has 0 N–H and O–H groups in total. The first-order valence-corrected chi connectivity index (χ1v) is 5.78. The fourth-order valence-corrected chi connectivity index (χ4v) is 1.84. The maximum absolute atomic E-state index is 9.03. The minimum atomic E-state index is 0.519. The van der Waals surface area contributed by atoms with Crippen molar-refractivity contribution in [3.8, 4) is 11.8 Å². The fraction of sp³-hybridized carbons (Fsp3) is 0.231. The van der Waals surface area contributed by atoms with Gasteiger partial charge in [-0.3, -0.25) is 4.68 Å². The first-order chi connectivity index (χ1) is 8.65. The van der Waals surface area contributed by atoms with Crippen LogP contribution in [0.5, 0.6) is 5.75 Å². The lowest BCUT2D eigenvalue weighted by atomic mass is 10.1. The van der Waals surface area contributed by atoms with Crippen molar-refractivity contribution in [2.75, 3.05) is 7.11 Å². The molecule has 0 spiro atoms. The van der Waals surface area contributed by atoms with Gasteiger partial charge in [0.25, 0.3) is 0 Å². The number of rotatable bonds is 3. The molecule has 1 heterocycles. The van der Waals surface area contributed by atoms with E-state index in [1.54, 1.807) is 30.1 Å². The van der Waals surface area contributed by atoms with Gasteiger partial charge in [-0.2, -0.15) is 10.4 Å². The van der Waals surface area contributed by atoms with Crippen LogP contribution in [0.2, 0.25) is 5.02 Å². The Labute approximate surface area is 110 Å². The van der Waals surface area contributed by atoms with Gasteiger partial charge >= 0.3 is 0 Å². The molecule has 0 unspecified atom stereocenters. The number of nitrogens with zero attached hydrogens (tertiary/aromatic N) is 3. The van der Waals surface area contributed by atoms with Gasteiger partial charge in [-0.25, -0.2) is 0 Å². The van der Waals surface area contributed by atoms with Gasteiger partial charge in [0.15, 0.2) is 0 Å². The summed E-state index contributed by atoms with van der Waals surface area (Å²) >= 11 is 5.95. The third kappa shape index (κ3) is 2.31. The molecule has 0 bridgehead atoms. The molecule has 1 aromatic carbocycles. The summed E-state index contributed by atoms with van der Waals surface area (Å²) < 4.78 is 6.90. The molecule has 0 aliphatic carbocycles. The number of nitriles is 1. The molecule has 0 atom stereocenters. The molecule has 0 aliphatic heterocycles. The van der Waals surface area contributed by atoms with Gasteiger partial charge in [0.2, 0.25) is 0 Å². The summed E-state index contributed by atoms with van der Waals surface area (Å²) in [5, 5.41) is 13.8. The van der Waals surface area contributed by atoms with E-state index in [1.165, 1.54) is 0 Å². The van der Waals surface area contributed by atoms with Gasteiger partial charge in [-0.05, 0) is 24.6 Å². The Morgan fingerprint density at radius 1 is 1.50 bits per heavy atom. The van der Waals surface area contributed by atoms with E-state index in [0.29, 0.717) is 22.9 Å². The van der Waals surface area contributed by atoms with Crippen molar-refractivity contribution in [1.29, 1.82) is 5.26 Å². The highest BCUT2D eigenvalue weighted by Crippen LogP contribution is 2.20. The second-order valence-corrected chi connectivity index (χ2v) is 4.29. The normalized spacial score (nSPS) is 10.1. The summed E-state index contributed by atoms with van der Waals surface area (Å²) in [6, 6.07) is 7.61. The van der Waals surface area contributed by atoms with E-state index in [1.807, 2.05) is 13.0 Å². The molecular formula is C13H12ClN3O. The topological polar surface area (TPSA) is 50.8 Å². The van der Waals surface area contributed by atoms with Crippen LogP contribution in [-0.2, 0) is 6.54 Å². The zero-order valence-corrected chi connectivity index (χ0v) is 10.9. The van der Waals surface area contributed by atoms with Crippen molar-refractivity contribution in [3.05, 3.63) is 46.2 Å². The maximum Gasteiger partial charge on any atom is 0.136 e. The number of halogens is 1. The van der Waals surface area contributed by atoms with E-state index in [2.05, 4.69) is 11.2 Å². The molecule has 0 aliphatic rings. The quantitative estimate of drug-likeness (QED) is 0.854. The SMILES string of the molecule is COc1ccc(Cn2ncc(Cl)c2C)cc1C#N. The molecule has 18 heavy (non-hydrogen) atoms. The zero-order chi connectivity index (χ0) is 13.1. The van der Waals surface area contributed by atoms with E-state index in [-0.39, 0.29) is 0 Å². The highest BCUT2D eigenvalue weighted by Gasteiger charge is 2.07. The van der Waals surface area contributed by atoms with Crippen LogP contribution >= 0.6 is 11.6 Å². The first-order valence-electron chi connectivity index (χ1n) is 5.40. The van der Waals surface area contributed by atoms with Crippen LogP contribution in [0, 0.1) is 18.3 Å². The zero-order valence-electron chi connectivity index (χ0n) is 10.1. The van der Waals surface area contributed by atoms with Crippen LogP contribution in [0.15, 0.2) is 24.4 Å². The Hall–Kier alpha value is -1.99. The second-order valence-electron chi connectivity index (χ2n) is 3.88. The summed E-state index contributed by atoms with van der Waals surface area (Å²) in [6.45, 7) is 2.49. The van der Waals surface area contributed by atoms with Crippen LogP contribution in [0.1, 0.15) is 16.8 Å². The Morgan fingerprint density at radius 3 is 2.83 bits per heavy atom. The number of hydrogen-bond acceptors (Lipinski definition) is 3. The lowest BCUT2D eigenvalue weighted by Gasteiger charge is -2.07. The van der Waals surface area contributed by atoms with Gasteiger partial charge in [-0.1, -0.05) is 17.7 Å². The van der Waals surface area contributed by atoms with Crippen molar-refractivity contribution >= 4 is 11.6 Å². The smallest absolute Gasteiger partial charge is 0.136 e. The predicted molar refractivity (Wildman–Crippen MR) is 68.8 cm³/mol. The Kier molecular flexibility index (Phi) is 3.54. The highest BCUT2D eigenvalue weighted by atomic mass is 35.5. The van der Waals surface area contributed by atoms with Crippen molar-refractivity contribution in [2.24, 2.45) is 0 Å². The third-order valence-corrected chi connectivity index (χ3v) is 3.13. The van der Waals surface area contributed by atoms with Crippen molar-refractivity contribution < 1.29 is 4.74 Å². The van der Waals surface area contributed by atoms with E-state index in [4.69, 9.17) is 21.6 Å². The highest BCUT2D eigenvalue weighted by molar-refractivity contribution is 6.31. The molecule has 0 amide bonds. The van der Waals surface area contributed by atoms with Crippen LogP contribution in [0.3, 0.4) is 0 Å². The number of benzene rings is 1. The van der Waals surface area contributed by atoms with E-state index in [9.17, 15) is 0 Å². The van der Waals surface area contributed by atoms with Gasteiger partial charge < -0.3 is 4.74 Å². The number of aromatic nitrogens is 2. The average Bonchev–Trinajstić information content (AvgIpc) is 2.70. The molecule has 1 aromatic heterocycles. The monoisotopic (exact) mass is 261 g/mol. The van der Waals surface area contributed by atoms with Gasteiger partial charge in [0.05, 0.1) is 36.1 Å². The van der Waals surface area contributed by atoms with Crippen LogP contribution in [-0.4, -0.2) is 16.9 Å². The fourth-order valence-electron chi connectivity index (χ4n) is 1.70. The van der Waals surface area contributed by atoms with Crippen molar-refractivity contribution in [1.82, 2.24) is 9.78 Å². The Balaban J connectivity index is 2.31. The average molecular weight is 262 g/mol. The van der Waals surface area contributed by atoms with Crippen molar-refractivity contribution in [2.45, 2.75) is 13.5 Å². The number of ether oxygens (including phenoxy) is 1. The van der Waals surface area contributed by atoms with Gasteiger partial charge in [0, 0.05) is 0 Å². The predicted octanol–water partition coefficient (Wildman–Crippen LogP) is 2.77. The Morgan fingerprint density at radius 2 is 2.28 bits per heavy atom. The molecule has 0 saturated heterocycles. The maximum atomic E-state index is 9.03. The summed E-state index contributed by atoms with van der Waals surface area (Å²) in [4.78, 5) is 0. The summed E-state index contributed by atoms with van der Waals surface area (Å²) in [6.07, 6.45) is 1.62. The standard InChI is InChI=1S/C13H12ClN3O/c1-9-12(14)7-16-17(9)8-10-3-4-13(18-2)11(5-10)6-15/h3-5,7H,8H2,1-2H3. The van der Waals surface area contributed by atoms with Crippen LogP contribution < -0.4 is 4.74 Å². The summed E-state index contributed by atoms with van der Waals surface area (Å²) in [5.41, 5.74) is 2.41. The third-order valence-electron chi connectivity index (χ3n) is 2.76. The second kappa shape index (κ2) is 5.11. The lowest BCUT2D eigenvalue weighted by molar-refractivity contribution is 0.413. The Bertz CT molecular complexity index is 613. The minimum absolute atomic E-state index is 0.519. The van der Waals surface area contributed by atoms with E-state index < -0.39 is 0 Å². The molecule has 5 heteroatoms. The van der Waals surface area contributed by atoms with Crippen molar-refractivity contribution in [3.63, 3.8) is 0 Å². The summed E-state index contributed by atoms with van der Waals surface area (Å²) in [7, 11) is 1.55.